The molecule has 4 heterocycles. The largest absolute Gasteiger partial charge is 0.494 e. The van der Waals surface area contributed by atoms with Crippen molar-refractivity contribution in [1.82, 2.24) is 30.2 Å². The van der Waals surface area contributed by atoms with Crippen molar-refractivity contribution in [3.05, 3.63) is 78.1 Å². The van der Waals surface area contributed by atoms with Crippen molar-refractivity contribution < 1.29 is 19.1 Å². The van der Waals surface area contributed by atoms with Gasteiger partial charge in [-0.15, -0.1) is 0 Å². The number of rotatable bonds is 6. The van der Waals surface area contributed by atoms with Gasteiger partial charge in [-0.05, 0) is 55.7 Å². The second-order valence-electron chi connectivity index (χ2n) is 12.5. The van der Waals surface area contributed by atoms with Gasteiger partial charge in [-0.3, -0.25) is 19.3 Å². The van der Waals surface area contributed by atoms with Gasteiger partial charge in [0.15, 0.2) is 0 Å². The third-order valence-electron chi connectivity index (χ3n) is 9.27. The third-order valence-corrected chi connectivity index (χ3v) is 9.27. The molecule has 0 unspecified atom stereocenters. The summed E-state index contributed by atoms with van der Waals surface area (Å²) in [6, 6.07) is 16.3. The fraction of sp³-hybridized carbons (Fsp3) is 0.471. The predicted octanol–water partition coefficient (Wildman–Crippen LogP) is 2.95. The van der Waals surface area contributed by atoms with Crippen LogP contribution >= 0.6 is 0 Å². The van der Waals surface area contributed by atoms with E-state index in [0.717, 1.165) is 55.0 Å². The average molecular weight is 599 g/mol. The number of nitrogens with zero attached hydrogens (tertiary/aromatic N) is 4. The molecule has 3 aromatic rings. The van der Waals surface area contributed by atoms with Gasteiger partial charge in [-0.1, -0.05) is 42.5 Å². The number of likely N-dealkylation sites (tertiary alicyclic amines) is 1. The van der Waals surface area contributed by atoms with Crippen LogP contribution in [0.4, 0.5) is 0 Å². The van der Waals surface area contributed by atoms with Crippen LogP contribution in [0.1, 0.15) is 43.7 Å². The first kappa shape index (κ1) is 29.9. The van der Waals surface area contributed by atoms with E-state index in [1.807, 2.05) is 70.4 Å². The molecule has 232 valence electrons. The number of nitrogens with one attached hydrogen (secondary N) is 2. The van der Waals surface area contributed by atoms with Crippen molar-refractivity contribution in [2.24, 2.45) is 11.8 Å². The van der Waals surface area contributed by atoms with Crippen LogP contribution in [0.5, 0.6) is 5.75 Å². The lowest BCUT2D eigenvalue weighted by Crippen LogP contribution is -2.63. The lowest BCUT2D eigenvalue weighted by molar-refractivity contribution is -0.146. The first-order valence-electron chi connectivity index (χ1n) is 15.7. The number of hydrogen-bond acceptors (Lipinski definition) is 6. The molecule has 3 aliphatic heterocycles. The maximum Gasteiger partial charge on any atom is 0.245 e. The van der Waals surface area contributed by atoms with Gasteiger partial charge >= 0.3 is 0 Å². The molecule has 10 heteroatoms. The van der Waals surface area contributed by atoms with E-state index in [2.05, 4.69) is 26.8 Å². The summed E-state index contributed by atoms with van der Waals surface area (Å²) >= 11 is 0. The van der Waals surface area contributed by atoms with Gasteiger partial charge < -0.3 is 20.3 Å². The van der Waals surface area contributed by atoms with Crippen LogP contribution in [0.2, 0.25) is 0 Å². The minimum Gasteiger partial charge on any atom is -0.494 e. The minimum absolute atomic E-state index is 0.0117. The summed E-state index contributed by atoms with van der Waals surface area (Å²) in [4.78, 5) is 44.6. The monoisotopic (exact) mass is 598 g/mol. The van der Waals surface area contributed by atoms with Crippen molar-refractivity contribution in [1.29, 1.82) is 0 Å². The first-order chi connectivity index (χ1) is 21.4. The zero-order valence-corrected chi connectivity index (χ0v) is 25.5. The number of benzene rings is 2. The number of ether oxygens (including phenoxy) is 1. The standard InChI is InChI=1S/C34H42N6O4/c1-23-33(42)37-28(16-24-9-4-3-5-10-24)34(43)39-20-25-15-27(29(39)12-8-14-32(41)36-23)22-38(18-25)19-26-17-35-40(21-26)30-11-6-7-13-31(30)44-2/h3-7,9-11,13,17,21,23,25,27-29H,8,12,14-16,18-20,22H2,1-2H3,(H,36,41)(H,37,42)/t23-,25+,27-,28+,29+/m1/s1. The van der Waals surface area contributed by atoms with E-state index in [4.69, 9.17) is 4.74 Å². The van der Waals surface area contributed by atoms with E-state index in [1.54, 1.807) is 14.0 Å². The highest BCUT2D eigenvalue weighted by Crippen LogP contribution is 2.37. The van der Waals surface area contributed by atoms with Crippen LogP contribution in [0.25, 0.3) is 5.69 Å². The number of methoxy groups -OCH3 is 1. The SMILES string of the molecule is COc1ccccc1-n1cc(CN2C[C@@H]3C[C@H](C2)[C@@H]2CCCC(=O)N[C@H](C)C(=O)N[C@@H](Cc4ccccc4)C(=O)N2C3)cn1. The van der Waals surface area contributed by atoms with E-state index < -0.39 is 12.1 Å². The molecule has 1 aromatic heterocycles. The second-order valence-corrected chi connectivity index (χ2v) is 12.5. The molecule has 2 bridgehead atoms. The highest BCUT2D eigenvalue weighted by molar-refractivity contribution is 5.92. The zero-order valence-electron chi connectivity index (χ0n) is 25.5. The Balaban J connectivity index is 1.21. The molecule has 10 nitrogen and oxygen atoms in total. The Kier molecular flexibility index (Phi) is 8.97. The summed E-state index contributed by atoms with van der Waals surface area (Å²) in [5.41, 5.74) is 3.01. The molecule has 3 saturated heterocycles. The number of carbonyl (C=O) groups excluding carboxylic acids is 3. The summed E-state index contributed by atoms with van der Waals surface area (Å²) in [6.45, 7) is 4.85. The number of para-hydroxylation sites is 2. The molecule has 0 radical (unpaired) electrons. The molecule has 44 heavy (non-hydrogen) atoms. The van der Waals surface area contributed by atoms with E-state index in [-0.39, 0.29) is 29.7 Å². The van der Waals surface area contributed by atoms with E-state index >= 15 is 0 Å². The van der Waals surface area contributed by atoms with Crippen molar-refractivity contribution >= 4 is 17.7 Å². The number of carbonyl (C=O) groups is 3. The van der Waals surface area contributed by atoms with Crippen LogP contribution in [0, 0.1) is 11.8 Å². The second kappa shape index (κ2) is 13.2. The lowest BCUT2D eigenvalue weighted by atomic mass is 9.77. The van der Waals surface area contributed by atoms with E-state index in [0.29, 0.717) is 31.7 Å². The summed E-state index contributed by atoms with van der Waals surface area (Å²) in [5, 5.41) is 10.4. The van der Waals surface area contributed by atoms with Gasteiger partial charge in [0.2, 0.25) is 17.7 Å². The molecule has 0 saturated carbocycles. The minimum atomic E-state index is -0.703. The summed E-state index contributed by atoms with van der Waals surface area (Å²) in [7, 11) is 1.66. The van der Waals surface area contributed by atoms with Crippen LogP contribution in [0.3, 0.4) is 0 Å². The van der Waals surface area contributed by atoms with Crippen LogP contribution in [-0.4, -0.2) is 82.2 Å². The van der Waals surface area contributed by atoms with Crippen LogP contribution in [-0.2, 0) is 27.3 Å². The topological polar surface area (TPSA) is 109 Å². The first-order valence-corrected chi connectivity index (χ1v) is 15.7. The fourth-order valence-electron chi connectivity index (χ4n) is 7.25. The maximum absolute atomic E-state index is 14.3. The van der Waals surface area contributed by atoms with Gasteiger partial charge in [-0.2, -0.15) is 5.10 Å². The van der Waals surface area contributed by atoms with E-state index in [9.17, 15) is 14.4 Å². The fourth-order valence-corrected chi connectivity index (χ4v) is 7.25. The molecule has 3 amide bonds. The Morgan fingerprint density at radius 3 is 2.57 bits per heavy atom. The van der Waals surface area contributed by atoms with Crippen LogP contribution < -0.4 is 15.4 Å². The Morgan fingerprint density at radius 2 is 1.75 bits per heavy atom. The van der Waals surface area contributed by atoms with Crippen molar-refractivity contribution in [3.63, 3.8) is 0 Å². The Hall–Kier alpha value is -4.18. The van der Waals surface area contributed by atoms with Gasteiger partial charge in [0.05, 0.1) is 13.3 Å². The Bertz CT molecular complexity index is 1480. The molecule has 3 aliphatic rings. The Morgan fingerprint density at radius 1 is 0.955 bits per heavy atom. The third kappa shape index (κ3) is 6.65. The smallest absolute Gasteiger partial charge is 0.245 e. The molecule has 0 aliphatic carbocycles. The number of hydrogen-bond donors (Lipinski definition) is 2. The van der Waals surface area contributed by atoms with Gasteiger partial charge in [0.1, 0.15) is 23.5 Å². The average Bonchev–Trinajstić information content (AvgIpc) is 3.49. The molecule has 6 rings (SSSR count). The number of aromatic nitrogens is 2. The molecule has 3 fully saturated rings. The van der Waals surface area contributed by atoms with Gasteiger partial charge in [0.25, 0.3) is 0 Å². The zero-order chi connectivity index (χ0) is 30.6. The number of amides is 3. The molecule has 2 N–H and O–H groups in total. The number of piperidine rings is 2. The normalized spacial score (nSPS) is 26.5. The molecular weight excluding hydrogens is 556 g/mol. The highest BCUT2D eigenvalue weighted by Gasteiger charge is 2.44. The lowest BCUT2D eigenvalue weighted by Gasteiger charge is -2.51. The van der Waals surface area contributed by atoms with Crippen LogP contribution in [0.15, 0.2) is 67.0 Å². The Labute approximate surface area is 258 Å². The summed E-state index contributed by atoms with van der Waals surface area (Å²) in [5.74, 6) is 0.910. The molecule has 2 aromatic carbocycles. The number of fused-ring (bicyclic) bond motifs is 4. The van der Waals surface area contributed by atoms with Crippen molar-refractivity contribution in [2.45, 2.75) is 63.7 Å². The van der Waals surface area contributed by atoms with Gasteiger partial charge in [0, 0.05) is 56.8 Å². The summed E-state index contributed by atoms with van der Waals surface area (Å²) < 4.78 is 7.39. The highest BCUT2D eigenvalue weighted by atomic mass is 16.5. The van der Waals surface area contributed by atoms with Crippen molar-refractivity contribution in [2.75, 3.05) is 26.7 Å². The van der Waals surface area contributed by atoms with E-state index in [1.165, 1.54) is 0 Å². The molecule has 0 spiro atoms. The summed E-state index contributed by atoms with van der Waals surface area (Å²) in [6.07, 6.45) is 7.22. The molecular formula is C34H42N6O4. The quantitative estimate of drug-likeness (QED) is 0.452. The van der Waals surface area contributed by atoms with Gasteiger partial charge in [-0.25, -0.2) is 4.68 Å². The molecule has 5 atom stereocenters. The predicted molar refractivity (Wildman–Crippen MR) is 166 cm³/mol. The maximum atomic E-state index is 14.3. The van der Waals surface area contributed by atoms with Crippen molar-refractivity contribution in [3.8, 4) is 11.4 Å².